The number of amides is 1. The van der Waals surface area contributed by atoms with Crippen LogP contribution >= 0.6 is 22.6 Å². The summed E-state index contributed by atoms with van der Waals surface area (Å²) >= 11 is 2.18. The van der Waals surface area contributed by atoms with E-state index in [0.29, 0.717) is 5.69 Å². The highest BCUT2D eigenvalue weighted by atomic mass is 127. The molecule has 0 saturated heterocycles. The van der Waals surface area contributed by atoms with E-state index in [0.717, 1.165) is 19.6 Å². The zero-order valence-electron chi connectivity index (χ0n) is 12.2. The fraction of sp³-hybridized carbons (Fsp3) is 0.357. The lowest BCUT2D eigenvalue weighted by Crippen LogP contribution is -2.40. The first-order valence-corrected chi connectivity index (χ1v) is 7.49. The van der Waals surface area contributed by atoms with Gasteiger partial charge in [-0.15, -0.1) is 0 Å². The highest BCUT2D eigenvalue weighted by Gasteiger charge is 2.18. The Labute approximate surface area is 141 Å². The van der Waals surface area contributed by atoms with Crippen LogP contribution < -0.4 is 5.32 Å². The third-order valence-corrected chi connectivity index (χ3v) is 3.47. The molecule has 1 aromatic rings. The lowest BCUT2D eigenvalue weighted by atomic mass is 10.1. The number of carbonyl (C=O) groups excluding carboxylic acids is 1. The van der Waals surface area contributed by atoms with Crippen LogP contribution in [0.2, 0.25) is 0 Å². The van der Waals surface area contributed by atoms with E-state index >= 15 is 0 Å². The van der Waals surface area contributed by atoms with E-state index < -0.39 is 30.9 Å². The number of rotatable bonds is 7. The van der Waals surface area contributed by atoms with Crippen molar-refractivity contribution in [3.05, 3.63) is 26.8 Å². The molecule has 22 heavy (non-hydrogen) atoms. The smallest absolute Gasteiger partial charge is 0.317 e. The van der Waals surface area contributed by atoms with Gasteiger partial charge in [0, 0.05) is 9.26 Å². The van der Waals surface area contributed by atoms with Crippen LogP contribution in [0.1, 0.15) is 11.1 Å². The number of nitrogens with zero attached hydrogens (tertiary/aromatic N) is 1. The molecule has 0 aliphatic heterocycles. The fourth-order valence-electron chi connectivity index (χ4n) is 2.04. The summed E-state index contributed by atoms with van der Waals surface area (Å²) in [5.41, 5.74) is 2.44. The number of carboxylic acids is 2. The van der Waals surface area contributed by atoms with Gasteiger partial charge in [-0.1, -0.05) is 0 Å². The molecule has 120 valence electrons. The van der Waals surface area contributed by atoms with E-state index in [2.05, 4.69) is 27.9 Å². The molecule has 0 spiro atoms. The molecular formula is C14H17IN2O5. The van der Waals surface area contributed by atoms with Crippen LogP contribution in [0.4, 0.5) is 5.69 Å². The zero-order chi connectivity index (χ0) is 16.9. The maximum Gasteiger partial charge on any atom is 0.317 e. The van der Waals surface area contributed by atoms with Crippen LogP contribution in [0, 0.1) is 17.4 Å². The second-order valence-electron chi connectivity index (χ2n) is 4.90. The number of anilines is 1. The van der Waals surface area contributed by atoms with Gasteiger partial charge in [-0.05, 0) is 59.7 Å². The quantitative estimate of drug-likeness (QED) is 0.575. The van der Waals surface area contributed by atoms with Crippen molar-refractivity contribution in [2.45, 2.75) is 13.8 Å². The predicted molar refractivity (Wildman–Crippen MR) is 89.0 cm³/mol. The number of hydrogen-bond donors (Lipinski definition) is 3. The van der Waals surface area contributed by atoms with Gasteiger partial charge in [-0.25, -0.2) is 0 Å². The molecule has 0 radical (unpaired) electrons. The largest absolute Gasteiger partial charge is 0.480 e. The molecule has 0 aromatic heterocycles. The molecule has 7 nitrogen and oxygen atoms in total. The summed E-state index contributed by atoms with van der Waals surface area (Å²) in [6.07, 6.45) is 0. The SMILES string of the molecule is Cc1cc(I)cc(C)c1NC(=O)CN(CC(=O)O)CC(=O)O. The van der Waals surface area contributed by atoms with Gasteiger partial charge in [-0.2, -0.15) is 0 Å². The molecule has 0 fully saturated rings. The first-order chi connectivity index (χ1) is 10.2. The summed E-state index contributed by atoms with van der Waals surface area (Å²) in [6, 6.07) is 3.82. The standard InChI is InChI=1S/C14H17IN2O5/c1-8-3-10(15)4-9(2)14(8)16-11(18)5-17(6-12(19)20)7-13(21)22/h3-4H,5-7H2,1-2H3,(H,16,18)(H,19,20)(H,21,22). The molecule has 0 unspecified atom stereocenters. The summed E-state index contributed by atoms with van der Waals surface area (Å²) < 4.78 is 1.05. The molecule has 1 rings (SSSR count). The van der Waals surface area contributed by atoms with Crippen LogP contribution in [-0.2, 0) is 14.4 Å². The number of benzene rings is 1. The van der Waals surface area contributed by atoms with E-state index in [4.69, 9.17) is 10.2 Å². The maximum absolute atomic E-state index is 12.0. The fourth-order valence-corrected chi connectivity index (χ4v) is 2.97. The molecule has 1 aromatic carbocycles. The molecule has 0 aliphatic carbocycles. The molecule has 0 atom stereocenters. The van der Waals surface area contributed by atoms with Crippen LogP contribution in [0.5, 0.6) is 0 Å². The zero-order valence-corrected chi connectivity index (χ0v) is 14.4. The van der Waals surface area contributed by atoms with Crippen LogP contribution in [0.15, 0.2) is 12.1 Å². The topological polar surface area (TPSA) is 107 Å². The Morgan fingerprint density at radius 2 is 1.50 bits per heavy atom. The number of hydrogen-bond acceptors (Lipinski definition) is 4. The average Bonchev–Trinajstić information content (AvgIpc) is 2.31. The molecule has 0 bridgehead atoms. The van der Waals surface area contributed by atoms with Crippen molar-refractivity contribution in [3.8, 4) is 0 Å². The second kappa shape index (κ2) is 8.08. The number of carboxylic acid groups (broad SMARTS) is 2. The number of nitrogens with one attached hydrogen (secondary N) is 1. The summed E-state index contributed by atoms with van der Waals surface area (Å²) in [6.45, 7) is 2.40. The van der Waals surface area contributed by atoms with E-state index in [1.807, 2.05) is 26.0 Å². The van der Waals surface area contributed by atoms with Gasteiger partial charge in [0.25, 0.3) is 0 Å². The van der Waals surface area contributed by atoms with Crippen molar-refractivity contribution < 1.29 is 24.6 Å². The summed E-state index contributed by atoms with van der Waals surface area (Å²) in [5.74, 6) is -2.82. The van der Waals surface area contributed by atoms with E-state index in [1.165, 1.54) is 0 Å². The average molecular weight is 420 g/mol. The lowest BCUT2D eigenvalue weighted by Gasteiger charge is -2.18. The number of aliphatic carboxylic acids is 2. The Hall–Kier alpha value is -1.68. The molecule has 0 saturated carbocycles. The Kier molecular flexibility index (Phi) is 6.75. The molecule has 8 heteroatoms. The second-order valence-corrected chi connectivity index (χ2v) is 6.14. The van der Waals surface area contributed by atoms with Crippen LogP contribution in [-0.4, -0.2) is 52.6 Å². The number of halogens is 1. The van der Waals surface area contributed by atoms with Gasteiger partial charge < -0.3 is 15.5 Å². The van der Waals surface area contributed by atoms with Crippen LogP contribution in [0.3, 0.4) is 0 Å². The third-order valence-electron chi connectivity index (χ3n) is 2.85. The van der Waals surface area contributed by atoms with Gasteiger partial charge in [0.05, 0.1) is 19.6 Å². The Morgan fingerprint density at radius 3 is 1.91 bits per heavy atom. The van der Waals surface area contributed by atoms with Crippen molar-refractivity contribution >= 4 is 46.1 Å². The third kappa shape index (κ3) is 5.98. The molecular weight excluding hydrogens is 403 g/mol. The van der Waals surface area contributed by atoms with Crippen molar-refractivity contribution in [1.29, 1.82) is 0 Å². The summed E-state index contributed by atoms with van der Waals surface area (Å²) in [4.78, 5) is 34.5. The minimum absolute atomic E-state index is 0.302. The molecule has 0 aliphatic rings. The minimum atomic E-state index is -1.18. The Bertz CT molecular complexity index is 564. The number of aryl methyl sites for hydroxylation is 2. The highest BCUT2D eigenvalue weighted by molar-refractivity contribution is 14.1. The van der Waals surface area contributed by atoms with Gasteiger partial charge >= 0.3 is 11.9 Å². The van der Waals surface area contributed by atoms with Gasteiger partial charge in [0.1, 0.15) is 0 Å². The first-order valence-electron chi connectivity index (χ1n) is 6.41. The maximum atomic E-state index is 12.0. The van der Waals surface area contributed by atoms with Crippen molar-refractivity contribution in [3.63, 3.8) is 0 Å². The first kappa shape index (κ1) is 18.4. The van der Waals surface area contributed by atoms with Gasteiger partial charge in [-0.3, -0.25) is 19.3 Å². The lowest BCUT2D eigenvalue weighted by molar-refractivity contribution is -0.142. The summed E-state index contributed by atoms with van der Waals surface area (Å²) in [7, 11) is 0. The minimum Gasteiger partial charge on any atom is -0.480 e. The molecule has 0 heterocycles. The Balaban J connectivity index is 2.79. The van der Waals surface area contributed by atoms with Gasteiger partial charge in [0.2, 0.25) is 5.91 Å². The molecule has 3 N–H and O–H groups in total. The van der Waals surface area contributed by atoms with E-state index in [1.54, 1.807) is 0 Å². The normalized spacial score (nSPS) is 10.5. The van der Waals surface area contributed by atoms with E-state index in [9.17, 15) is 14.4 Å². The predicted octanol–water partition coefficient (Wildman–Crippen LogP) is 1.32. The monoisotopic (exact) mass is 420 g/mol. The van der Waals surface area contributed by atoms with E-state index in [-0.39, 0.29) is 6.54 Å². The molecule has 1 amide bonds. The highest BCUT2D eigenvalue weighted by Crippen LogP contribution is 2.23. The Morgan fingerprint density at radius 1 is 1.05 bits per heavy atom. The summed E-state index contributed by atoms with van der Waals surface area (Å²) in [5, 5.41) is 20.2. The van der Waals surface area contributed by atoms with Gasteiger partial charge in [0.15, 0.2) is 0 Å². The van der Waals surface area contributed by atoms with Crippen molar-refractivity contribution in [2.75, 3.05) is 25.0 Å². The van der Waals surface area contributed by atoms with Crippen LogP contribution in [0.25, 0.3) is 0 Å². The van der Waals surface area contributed by atoms with Crippen molar-refractivity contribution in [2.24, 2.45) is 0 Å². The van der Waals surface area contributed by atoms with Crippen molar-refractivity contribution in [1.82, 2.24) is 4.90 Å². The number of carbonyl (C=O) groups is 3.